The van der Waals surface area contributed by atoms with Crippen LogP contribution in [0.2, 0.25) is 0 Å². The molecule has 0 aliphatic rings. The summed E-state index contributed by atoms with van der Waals surface area (Å²) in [5, 5.41) is 61.3. The van der Waals surface area contributed by atoms with Crippen LogP contribution in [0.4, 0.5) is 11.6 Å². The Morgan fingerprint density at radius 1 is 0.946 bits per heavy atom. The van der Waals surface area contributed by atoms with Gasteiger partial charge in [-0.25, -0.2) is 14.8 Å². The van der Waals surface area contributed by atoms with E-state index in [1.165, 1.54) is 52.9 Å². The molecule has 1 amide bonds. The number of H-pyrrole nitrogens is 1. The summed E-state index contributed by atoms with van der Waals surface area (Å²) in [6.07, 6.45) is -2.46. The van der Waals surface area contributed by atoms with Crippen LogP contribution in [0.5, 0.6) is 0 Å². The zero-order valence-corrected chi connectivity index (χ0v) is 32.3. The summed E-state index contributed by atoms with van der Waals surface area (Å²) in [6.45, 7) is 6.34. The smallest absolute Gasteiger partial charge is 0.326 e. The van der Waals surface area contributed by atoms with E-state index in [4.69, 9.17) is 5.73 Å². The van der Waals surface area contributed by atoms with Crippen molar-refractivity contribution in [2.45, 2.75) is 95.4 Å². The highest BCUT2D eigenvalue weighted by Crippen LogP contribution is 2.22. The molecule has 20 nitrogen and oxygen atoms in total. The van der Waals surface area contributed by atoms with Crippen LogP contribution in [-0.2, 0) is 25.7 Å². The minimum atomic E-state index is -1.68. The van der Waals surface area contributed by atoms with E-state index in [2.05, 4.69) is 53.8 Å². The van der Waals surface area contributed by atoms with Crippen molar-refractivity contribution in [3.8, 4) is 0 Å². The molecule has 0 bridgehead atoms. The number of nitrogen functional groups attached to an aromatic ring is 1. The molecular formula is C35H49N9O11S. The Labute approximate surface area is 326 Å². The number of aliphatic hydroxyl groups excluding tert-OH is 3. The second-order valence-corrected chi connectivity index (χ2v) is 14.7. The van der Waals surface area contributed by atoms with Crippen LogP contribution >= 0.6 is 12.6 Å². The normalized spacial score (nSPS) is 15.2. The van der Waals surface area contributed by atoms with Crippen molar-refractivity contribution in [3.63, 3.8) is 0 Å². The molecule has 3 aromatic rings. The number of Topliss-reactive ketones (excluding diaryl/α,β-unsaturated/α-hetero) is 2. The third kappa shape index (κ3) is 11.7. The molecule has 0 aliphatic heterocycles. The largest absolute Gasteiger partial charge is 0.480 e. The van der Waals surface area contributed by atoms with E-state index >= 15 is 0 Å². The van der Waals surface area contributed by atoms with Gasteiger partial charge in [-0.05, 0) is 58.4 Å². The number of benzene rings is 1. The molecule has 21 heteroatoms. The molecule has 12 N–H and O–H groups in total. The maximum atomic E-state index is 13.9. The van der Waals surface area contributed by atoms with Crippen LogP contribution in [0.3, 0.4) is 0 Å². The fourth-order valence-electron chi connectivity index (χ4n) is 5.63. The summed E-state index contributed by atoms with van der Waals surface area (Å²) in [5.41, 5.74) is 2.97. The maximum Gasteiger partial charge on any atom is 0.326 e. The Balaban J connectivity index is 1.68. The lowest BCUT2D eigenvalue weighted by Crippen LogP contribution is -2.67. The van der Waals surface area contributed by atoms with E-state index in [0.29, 0.717) is 11.4 Å². The van der Waals surface area contributed by atoms with Crippen LogP contribution in [0, 0.1) is 5.92 Å². The standard InChI is InChI=1S/C35H49N9O11S/c1-16(22(46)14-45)26(48)24(27(49)35(4,5)43-21(15-56)32(54)55)44-34(2,3)23(47)11-10-20(31(52)53)40-29(50)17-6-8-18(9-7-17)37-12-19-13-38-28-25(39-19)30(51)42-33(36)41-28/h6-9,13,16,20-22,24,26,37,43-46,48,56H,10-12,14-15H2,1-5H3,(H,40,50)(H,52,53)(H,54,55)(H3,36,38,41,42,51)/t16-,20?,21+,22-,24+,26+/m1/s1. The summed E-state index contributed by atoms with van der Waals surface area (Å²) < 4.78 is 0. The fourth-order valence-corrected chi connectivity index (χ4v) is 5.88. The third-order valence-electron chi connectivity index (χ3n) is 9.17. The molecule has 0 saturated carbocycles. The van der Waals surface area contributed by atoms with Gasteiger partial charge in [0.1, 0.15) is 12.1 Å². The molecular weight excluding hydrogens is 755 g/mol. The predicted octanol–water partition coefficient (Wildman–Crippen LogP) is -1.15. The van der Waals surface area contributed by atoms with E-state index < -0.39 is 95.3 Å². The molecule has 0 fully saturated rings. The van der Waals surface area contributed by atoms with Gasteiger partial charge in [0.05, 0.1) is 54.4 Å². The van der Waals surface area contributed by atoms with Gasteiger partial charge in [0.25, 0.3) is 11.5 Å². The van der Waals surface area contributed by atoms with Gasteiger partial charge in [-0.1, -0.05) is 6.92 Å². The molecule has 2 heterocycles. The number of aromatic nitrogens is 4. The minimum absolute atomic E-state index is 0.0112. The molecule has 0 saturated heterocycles. The van der Waals surface area contributed by atoms with Crippen molar-refractivity contribution in [1.82, 2.24) is 35.9 Å². The van der Waals surface area contributed by atoms with Gasteiger partial charge in [-0.3, -0.25) is 39.6 Å². The first-order valence-corrected chi connectivity index (χ1v) is 18.1. The third-order valence-corrected chi connectivity index (χ3v) is 9.54. The van der Waals surface area contributed by atoms with E-state index in [1.807, 2.05) is 0 Å². The average molecular weight is 804 g/mol. The topological polar surface area (TPSA) is 332 Å². The summed E-state index contributed by atoms with van der Waals surface area (Å²) >= 11 is 4.02. The Bertz CT molecular complexity index is 1960. The van der Waals surface area contributed by atoms with Crippen molar-refractivity contribution in [3.05, 3.63) is 52.1 Å². The van der Waals surface area contributed by atoms with Crippen molar-refractivity contribution < 1.29 is 49.5 Å². The van der Waals surface area contributed by atoms with Gasteiger partial charge < -0.3 is 41.9 Å². The number of aliphatic hydroxyl groups is 3. The fraction of sp³-hybridized carbons (Fsp3) is 0.514. The SMILES string of the molecule is C[C@@H]([C@H](O)[C@H](NC(C)(C)C(=O)CCC(NC(=O)c1ccc(NCc2cnc3nc(N)[nH]c(=O)c3n2)cc1)C(=O)O)C(=O)C(C)(C)N[C@@H](CS)C(=O)O)[C@H](O)CO. The number of carboxylic acids is 2. The Hall–Kier alpha value is -5.06. The quantitative estimate of drug-likeness (QED) is 0.0533. The first-order chi connectivity index (χ1) is 26.1. The molecule has 1 unspecified atom stereocenters. The summed E-state index contributed by atoms with van der Waals surface area (Å²) in [4.78, 5) is 91.0. The Morgan fingerprint density at radius 3 is 2.14 bits per heavy atom. The lowest BCUT2D eigenvalue weighted by atomic mass is 9.82. The number of aromatic amines is 1. The van der Waals surface area contributed by atoms with Crippen molar-refractivity contribution in [2.24, 2.45) is 5.92 Å². The van der Waals surface area contributed by atoms with Gasteiger partial charge >= 0.3 is 11.9 Å². The summed E-state index contributed by atoms with van der Waals surface area (Å²) in [6, 6.07) is 1.68. The zero-order valence-electron chi connectivity index (χ0n) is 31.4. The monoisotopic (exact) mass is 803 g/mol. The number of nitrogens with zero attached hydrogens (tertiary/aromatic N) is 3. The number of aliphatic carboxylic acids is 2. The van der Waals surface area contributed by atoms with Crippen LogP contribution in [-0.4, -0.2) is 129 Å². The highest BCUT2D eigenvalue weighted by Gasteiger charge is 2.45. The van der Waals surface area contributed by atoms with E-state index in [-0.39, 0.29) is 41.4 Å². The number of thiol groups is 1. The van der Waals surface area contributed by atoms with Crippen molar-refractivity contribution in [1.29, 1.82) is 0 Å². The van der Waals surface area contributed by atoms with Crippen LogP contribution < -0.4 is 32.6 Å². The highest BCUT2D eigenvalue weighted by molar-refractivity contribution is 7.80. The number of ketones is 2. The van der Waals surface area contributed by atoms with E-state index in [0.717, 1.165) is 0 Å². The molecule has 2 aromatic heterocycles. The number of carbonyl (C=O) groups is 5. The van der Waals surface area contributed by atoms with Crippen molar-refractivity contribution >= 4 is 64.8 Å². The highest BCUT2D eigenvalue weighted by atomic mass is 32.1. The van der Waals surface area contributed by atoms with Gasteiger partial charge in [-0.15, -0.1) is 0 Å². The lowest BCUT2D eigenvalue weighted by Gasteiger charge is -2.40. The molecule has 0 radical (unpaired) electrons. The molecule has 3 rings (SSSR count). The van der Waals surface area contributed by atoms with Crippen molar-refractivity contribution in [2.75, 3.05) is 23.4 Å². The number of carbonyl (C=O) groups excluding carboxylic acids is 3. The van der Waals surface area contributed by atoms with Gasteiger partial charge in [0.2, 0.25) is 5.95 Å². The second-order valence-electron chi connectivity index (χ2n) is 14.3. The Kier molecular flexibility index (Phi) is 15.5. The Morgan fingerprint density at radius 2 is 1.57 bits per heavy atom. The molecule has 56 heavy (non-hydrogen) atoms. The van der Waals surface area contributed by atoms with Crippen LogP contribution in [0.25, 0.3) is 11.2 Å². The number of nitrogens with one attached hydrogen (secondary N) is 5. The molecule has 306 valence electrons. The molecule has 0 aliphatic carbocycles. The first-order valence-electron chi connectivity index (χ1n) is 17.4. The van der Waals surface area contributed by atoms with Crippen LogP contribution in [0.15, 0.2) is 35.3 Å². The van der Waals surface area contributed by atoms with Gasteiger partial charge in [0, 0.05) is 29.3 Å². The summed E-state index contributed by atoms with van der Waals surface area (Å²) in [5.74, 6) is -6.16. The zero-order chi connectivity index (χ0) is 42.1. The number of rotatable bonds is 22. The number of hydrogen-bond donors (Lipinski definition) is 12. The lowest BCUT2D eigenvalue weighted by molar-refractivity contribution is -0.141. The maximum absolute atomic E-state index is 13.9. The van der Waals surface area contributed by atoms with E-state index in [9.17, 15) is 54.3 Å². The number of amides is 1. The predicted molar refractivity (Wildman–Crippen MR) is 206 cm³/mol. The first kappa shape index (κ1) is 45.3. The number of carboxylic acid groups (broad SMARTS) is 2. The molecule has 6 atom stereocenters. The number of anilines is 2. The molecule has 0 spiro atoms. The van der Waals surface area contributed by atoms with Gasteiger partial charge in [0.15, 0.2) is 22.7 Å². The number of nitrogens with two attached hydrogens (primary N) is 1. The number of fused-ring (bicyclic) bond motifs is 1. The van der Waals surface area contributed by atoms with Crippen LogP contribution in [0.1, 0.15) is 63.5 Å². The van der Waals surface area contributed by atoms with Gasteiger partial charge in [-0.2, -0.15) is 17.6 Å². The van der Waals surface area contributed by atoms with E-state index in [1.54, 1.807) is 12.1 Å². The minimum Gasteiger partial charge on any atom is -0.480 e. The number of hydrogen-bond acceptors (Lipinski definition) is 17. The molecule has 1 aromatic carbocycles. The average Bonchev–Trinajstić information content (AvgIpc) is 3.15. The summed E-state index contributed by atoms with van der Waals surface area (Å²) in [7, 11) is 0. The second kappa shape index (κ2) is 19.2.